The minimum atomic E-state index is 0.116. The molecule has 1 atom stereocenters. The van der Waals surface area contributed by atoms with Gasteiger partial charge in [0.05, 0.1) is 6.54 Å². The van der Waals surface area contributed by atoms with Crippen molar-refractivity contribution in [2.75, 3.05) is 31.6 Å². The van der Waals surface area contributed by atoms with Gasteiger partial charge in [-0.2, -0.15) is 0 Å². The topological polar surface area (TPSA) is 49.6 Å². The largest absolute Gasteiger partial charge is 0.326 e. The molecule has 1 heterocycles. The van der Waals surface area contributed by atoms with E-state index in [0.717, 1.165) is 25.2 Å². The minimum absolute atomic E-state index is 0.116. The maximum atomic E-state index is 12.0. The normalized spacial score (nSPS) is 20.5. The molecule has 17 heavy (non-hydrogen) atoms. The minimum Gasteiger partial charge on any atom is -0.326 e. The fourth-order valence-corrected chi connectivity index (χ4v) is 2.10. The highest BCUT2D eigenvalue weighted by Gasteiger charge is 2.22. The molecule has 0 bridgehead atoms. The van der Waals surface area contributed by atoms with Crippen LogP contribution in [0.1, 0.15) is 6.42 Å². The molecular formula is C13H19N3O. The van der Waals surface area contributed by atoms with E-state index >= 15 is 0 Å². The Bertz CT molecular complexity index is 380. The van der Waals surface area contributed by atoms with Crippen molar-refractivity contribution >= 4 is 11.6 Å². The second-order valence-corrected chi connectivity index (χ2v) is 4.57. The molecule has 1 amide bonds. The summed E-state index contributed by atoms with van der Waals surface area (Å²) in [7, 11) is 1.81. The molecule has 1 saturated heterocycles. The van der Waals surface area contributed by atoms with Crippen molar-refractivity contribution in [2.24, 2.45) is 5.73 Å². The molecule has 2 rings (SSSR count). The summed E-state index contributed by atoms with van der Waals surface area (Å²) in [5.74, 6) is 0.116. The van der Waals surface area contributed by atoms with E-state index in [9.17, 15) is 4.79 Å². The summed E-state index contributed by atoms with van der Waals surface area (Å²) in [5, 5.41) is 0. The van der Waals surface area contributed by atoms with Gasteiger partial charge < -0.3 is 10.6 Å². The van der Waals surface area contributed by atoms with E-state index in [-0.39, 0.29) is 11.9 Å². The van der Waals surface area contributed by atoms with Crippen LogP contribution in [-0.4, -0.2) is 43.5 Å². The molecule has 0 aliphatic carbocycles. The first-order valence-electron chi connectivity index (χ1n) is 5.96. The number of nitrogens with zero attached hydrogens (tertiary/aromatic N) is 2. The molecular weight excluding hydrogens is 214 g/mol. The van der Waals surface area contributed by atoms with E-state index in [2.05, 4.69) is 4.90 Å². The molecule has 1 aromatic carbocycles. The summed E-state index contributed by atoms with van der Waals surface area (Å²) < 4.78 is 0. The van der Waals surface area contributed by atoms with E-state index in [0.29, 0.717) is 6.54 Å². The van der Waals surface area contributed by atoms with Gasteiger partial charge in [0.1, 0.15) is 0 Å². The molecule has 2 N–H and O–H groups in total. The number of rotatable bonds is 3. The lowest BCUT2D eigenvalue weighted by Crippen LogP contribution is -2.38. The first kappa shape index (κ1) is 12.1. The van der Waals surface area contributed by atoms with Crippen LogP contribution >= 0.6 is 0 Å². The lowest BCUT2D eigenvalue weighted by atomic mass is 10.3. The molecule has 4 nitrogen and oxygen atoms in total. The summed E-state index contributed by atoms with van der Waals surface area (Å²) in [6.45, 7) is 2.21. The number of para-hydroxylation sites is 1. The number of likely N-dealkylation sites (tertiary alicyclic amines) is 1. The second-order valence-electron chi connectivity index (χ2n) is 4.57. The Balaban J connectivity index is 1.92. The standard InChI is InChI=1S/C13H19N3O/c1-15(12-5-3-2-4-6-12)13(17)10-16-8-7-11(14)9-16/h2-6,11H,7-10,14H2,1H3. The highest BCUT2D eigenvalue weighted by molar-refractivity contribution is 5.94. The maximum Gasteiger partial charge on any atom is 0.240 e. The van der Waals surface area contributed by atoms with Crippen LogP contribution in [0.15, 0.2) is 30.3 Å². The summed E-state index contributed by atoms with van der Waals surface area (Å²) in [6.07, 6.45) is 0.988. The van der Waals surface area contributed by atoms with Gasteiger partial charge >= 0.3 is 0 Å². The van der Waals surface area contributed by atoms with Crippen LogP contribution < -0.4 is 10.6 Å². The van der Waals surface area contributed by atoms with Crippen LogP contribution in [0.2, 0.25) is 0 Å². The third-order valence-corrected chi connectivity index (χ3v) is 3.19. The molecule has 1 aromatic rings. The van der Waals surface area contributed by atoms with E-state index in [1.54, 1.807) is 4.90 Å². The lowest BCUT2D eigenvalue weighted by molar-refractivity contribution is -0.119. The zero-order chi connectivity index (χ0) is 12.3. The van der Waals surface area contributed by atoms with Crippen molar-refractivity contribution in [1.82, 2.24) is 4.90 Å². The van der Waals surface area contributed by atoms with Crippen molar-refractivity contribution in [1.29, 1.82) is 0 Å². The highest BCUT2D eigenvalue weighted by Crippen LogP contribution is 2.13. The van der Waals surface area contributed by atoms with Crippen molar-refractivity contribution in [3.8, 4) is 0 Å². The highest BCUT2D eigenvalue weighted by atomic mass is 16.2. The number of likely N-dealkylation sites (N-methyl/N-ethyl adjacent to an activating group) is 1. The maximum absolute atomic E-state index is 12.0. The van der Waals surface area contributed by atoms with E-state index in [1.165, 1.54) is 0 Å². The molecule has 1 aliphatic heterocycles. The van der Waals surface area contributed by atoms with Gasteiger partial charge in [-0.1, -0.05) is 18.2 Å². The van der Waals surface area contributed by atoms with Crippen molar-refractivity contribution in [2.45, 2.75) is 12.5 Å². The summed E-state index contributed by atoms with van der Waals surface area (Å²) in [6, 6.07) is 9.92. The number of hydrogen-bond donors (Lipinski definition) is 1. The first-order valence-corrected chi connectivity index (χ1v) is 5.96. The SMILES string of the molecule is CN(C(=O)CN1CCC(N)C1)c1ccccc1. The Kier molecular flexibility index (Phi) is 3.76. The quantitative estimate of drug-likeness (QED) is 0.835. The predicted molar refractivity (Wildman–Crippen MR) is 68.9 cm³/mol. The van der Waals surface area contributed by atoms with E-state index in [1.807, 2.05) is 37.4 Å². The monoisotopic (exact) mass is 233 g/mol. The fraction of sp³-hybridized carbons (Fsp3) is 0.462. The lowest BCUT2D eigenvalue weighted by Gasteiger charge is -2.21. The van der Waals surface area contributed by atoms with Crippen molar-refractivity contribution < 1.29 is 4.79 Å². The van der Waals surface area contributed by atoms with E-state index < -0.39 is 0 Å². The molecule has 1 fully saturated rings. The van der Waals surface area contributed by atoms with Gasteiger partial charge in [0, 0.05) is 31.9 Å². The van der Waals surface area contributed by atoms with Crippen LogP contribution in [0.3, 0.4) is 0 Å². The van der Waals surface area contributed by atoms with Crippen LogP contribution in [0.4, 0.5) is 5.69 Å². The third-order valence-electron chi connectivity index (χ3n) is 3.19. The number of hydrogen-bond acceptors (Lipinski definition) is 3. The number of amides is 1. The fourth-order valence-electron chi connectivity index (χ4n) is 2.10. The van der Waals surface area contributed by atoms with Gasteiger partial charge in [0.2, 0.25) is 5.91 Å². The molecule has 0 radical (unpaired) electrons. The number of nitrogens with two attached hydrogens (primary N) is 1. The third kappa shape index (κ3) is 3.05. The number of carbonyl (C=O) groups is 1. The zero-order valence-corrected chi connectivity index (χ0v) is 10.2. The van der Waals surface area contributed by atoms with Crippen LogP contribution in [0.5, 0.6) is 0 Å². The molecule has 0 spiro atoms. The Morgan fingerprint density at radius 2 is 2.18 bits per heavy atom. The van der Waals surface area contributed by atoms with Crippen LogP contribution in [-0.2, 0) is 4.79 Å². The van der Waals surface area contributed by atoms with Crippen molar-refractivity contribution in [3.63, 3.8) is 0 Å². The van der Waals surface area contributed by atoms with Gasteiger partial charge in [-0.05, 0) is 18.6 Å². The summed E-state index contributed by atoms with van der Waals surface area (Å²) in [5.41, 5.74) is 6.75. The van der Waals surface area contributed by atoms with E-state index in [4.69, 9.17) is 5.73 Å². The van der Waals surface area contributed by atoms with Crippen LogP contribution in [0.25, 0.3) is 0 Å². The van der Waals surface area contributed by atoms with Crippen molar-refractivity contribution in [3.05, 3.63) is 30.3 Å². The Morgan fingerprint density at radius 3 is 2.76 bits per heavy atom. The number of benzene rings is 1. The zero-order valence-electron chi connectivity index (χ0n) is 10.2. The second kappa shape index (κ2) is 5.29. The molecule has 0 saturated carbocycles. The molecule has 0 aromatic heterocycles. The van der Waals surface area contributed by atoms with Gasteiger partial charge in [0.15, 0.2) is 0 Å². The smallest absolute Gasteiger partial charge is 0.240 e. The number of carbonyl (C=O) groups excluding carboxylic acids is 1. The van der Waals surface area contributed by atoms with Gasteiger partial charge in [-0.25, -0.2) is 0 Å². The first-order chi connectivity index (χ1) is 8.16. The van der Waals surface area contributed by atoms with Gasteiger partial charge in [-0.15, -0.1) is 0 Å². The predicted octanol–water partition coefficient (Wildman–Crippen LogP) is 0.682. The summed E-state index contributed by atoms with van der Waals surface area (Å²) in [4.78, 5) is 15.9. The Labute approximate surface area is 102 Å². The molecule has 4 heteroatoms. The van der Waals surface area contributed by atoms with Gasteiger partial charge in [0.25, 0.3) is 0 Å². The van der Waals surface area contributed by atoms with Gasteiger partial charge in [-0.3, -0.25) is 9.69 Å². The Morgan fingerprint density at radius 1 is 1.47 bits per heavy atom. The van der Waals surface area contributed by atoms with Crippen LogP contribution in [0, 0.1) is 0 Å². The average molecular weight is 233 g/mol. The number of anilines is 1. The Hall–Kier alpha value is -1.39. The molecule has 1 aliphatic rings. The molecule has 1 unspecified atom stereocenters. The average Bonchev–Trinajstić information content (AvgIpc) is 2.75. The summed E-state index contributed by atoms with van der Waals surface area (Å²) >= 11 is 0. The molecule has 92 valence electrons.